The first-order valence-electron chi connectivity index (χ1n) is 9.46. The third-order valence-corrected chi connectivity index (χ3v) is 6.11. The van der Waals surface area contributed by atoms with Crippen LogP contribution in [0.15, 0.2) is 42.5 Å². The molecule has 0 fully saturated rings. The smallest absolute Gasteiger partial charge is 0.268 e. The summed E-state index contributed by atoms with van der Waals surface area (Å²) in [6.45, 7) is 1.33. The zero-order valence-electron chi connectivity index (χ0n) is 17.1. The van der Waals surface area contributed by atoms with Crippen LogP contribution in [-0.2, 0) is 12.1 Å². The number of carbonyl (C=O) groups is 2. The van der Waals surface area contributed by atoms with Crippen LogP contribution in [0.2, 0.25) is 0 Å². The van der Waals surface area contributed by atoms with Crippen molar-refractivity contribution in [1.29, 1.82) is 0 Å². The Balaban J connectivity index is 1.81. The lowest BCUT2D eigenvalue weighted by molar-refractivity contribution is -0.291. The lowest BCUT2D eigenvalue weighted by Crippen LogP contribution is -2.34. The first kappa shape index (κ1) is 25.1. The van der Waals surface area contributed by atoms with Crippen LogP contribution >= 0.6 is 22.6 Å². The van der Waals surface area contributed by atoms with E-state index in [-0.39, 0.29) is 33.1 Å². The number of imide groups is 1. The molecule has 0 unspecified atom stereocenters. The number of amides is 2. The number of hydrogen-bond acceptors (Lipinski definition) is 3. The summed E-state index contributed by atoms with van der Waals surface area (Å²) in [4.78, 5) is 26.5. The monoisotopic (exact) mass is 615 g/mol. The van der Waals surface area contributed by atoms with Gasteiger partial charge in [0.1, 0.15) is 11.4 Å². The van der Waals surface area contributed by atoms with E-state index in [1.807, 2.05) is 22.6 Å². The van der Waals surface area contributed by atoms with Crippen molar-refractivity contribution in [2.24, 2.45) is 0 Å². The fraction of sp³-hybridized carbons (Fsp3) is 0.190. The predicted molar refractivity (Wildman–Crippen MR) is 114 cm³/mol. The van der Waals surface area contributed by atoms with E-state index >= 15 is 0 Å². The van der Waals surface area contributed by atoms with Gasteiger partial charge in [-0.2, -0.15) is 40.2 Å². The van der Waals surface area contributed by atoms with E-state index in [1.165, 1.54) is 13.0 Å². The summed E-state index contributed by atoms with van der Waals surface area (Å²) in [5.74, 6) is -6.99. The fourth-order valence-electron chi connectivity index (χ4n) is 3.56. The molecule has 3 aromatic rings. The molecule has 1 aliphatic heterocycles. The molecule has 2 amide bonds. The minimum atomic E-state index is -6.17. The molecule has 0 spiro atoms. The molecule has 1 aliphatic rings. The first-order chi connectivity index (χ1) is 16.1. The highest BCUT2D eigenvalue weighted by Gasteiger charge is 2.61. The van der Waals surface area contributed by atoms with Crippen molar-refractivity contribution in [3.8, 4) is 5.69 Å². The minimum Gasteiger partial charge on any atom is -0.268 e. The lowest BCUT2D eigenvalue weighted by Gasteiger charge is -2.18. The van der Waals surface area contributed by atoms with Crippen molar-refractivity contribution in [2.45, 2.75) is 25.2 Å². The molecule has 2 heterocycles. The van der Waals surface area contributed by atoms with Gasteiger partial charge in [-0.25, -0.2) is 9.58 Å². The normalized spacial score (nSPS) is 14.6. The zero-order valence-corrected chi connectivity index (χ0v) is 19.3. The van der Waals surface area contributed by atoms with Gasteiger partial charge >= 0.3 is 18.3 Å². The average molecular weight is 615 g/mol. The van der Waals surface area contributed by atoms with Crippen LogP contribution in [-0.4, -0.2) is 27.8 Å². The SMILES string of the molecule is Cc1cc(-n2nc(C(F)(F)C(F)(F)F)cc2C(F)(F)F)ccc1N1C(=O)c2cccc(I)c2C1=O. The zero-order chi connectivity index (χ0) is 26.1. The van der Waals surface area contributed by atoms with Crippen molar-refractivity contribution in [2.75, 3.05) is 4.90 Å². The Hall–Kier alpha value is -3.04. The van der Waals surface area contributed by atoms with Gasteiger partial charge in [0.25, 0.3) is 11.8 Å². The molecular weight excluding hydrogens is 605 g/mol. The highest BCUT2D eigenvalue weighted by atomic mass is 127. The molecule has 1 aromatic heterocycles. The van der Waals surface area contributed by atoms with Crippen LogP contribution in [0.1, 0.15) is 37.7 Å². The van der Waals surface area contributed by atoms with Crippen LogP contribution in [0.4, 0.5) is 40.8 Å². The van der Waals surface area contributed by atoms with E-state index in [2.05, 4.69) is 5.10 Å². The Morgan fingerprint density at radius 2 is 1.54 bits per heavy atom. The highest BCUT2D eigenvalue weighted by Crippen LogP contribution is 2.45. The number of anilines is 1. The molecular formula is C21H10F8IN3O2. The van der Waals surface area contributed by atoms with E-state index in [0.29, 0.717) is 3.57 Å². The van der Waals surface area contributed by atoms with Gasteiger partial charge in [0, 0.05) is 3.57 Å². The van der Waals surface area contributed by atoms with Crippen LogP contribution < -0.4 is 4.90 Å². The molecule has 0 bridgehead atoms. The van der Waals surface area contributed by atoms with Crippen LogP contribution in [0.3, 0.4) is 0 Å². The maximum atomic E-state index is 13.7. The Bertz CT molecular complexity index is 1380. The number of aromatic nitrogens is 2. The predicted octanol–water partition coefficient (Wildman–Crippen LogP) is 6.26. The van der Waals surface area contributed by atoms with Gasteiger partial charge in [0.15, 0.2) is 0 Å². The third kappa shape index (κ3) is 3.96. The molecule has 0 saturated heterocycles. The number of hydrogen-bond donors (Lipinski definition) is 0. The number of benzene rings is 2. The second kappa shape index (κ2) is 7.99. The molecule has 184 valence electrons. The topological polar surface area (TPSA) is 55.2 Å². The quantitative estimate of drug-likeness (QED) is 0.199. The number of carbonyl (C=O) groups excluding carboxylic acids is 2. The molecule has 0 N–H and O–H groups in total. The Morgan fingerprint density at radius 3 is 2.09 bits per heavy atom. The second-order valence-corrected chi connectivity index (χ2v) is 8.64. The number of halogens is 9. The van der Waals surface area contributed by atoms with Crippen molar-refractivity contribution in [3.05, 3.63) is 74.1 Å². The summed E-state index contributed by atoms with van der Waals surface area (Å²) >= 11 is 1.87. The van der Waals surface area contributed by atoms with Crippen molar-refractivity contribution >= 4 is 40.1 Å². The Labute approximate surface area is 204 Å². The summed E-state index contributed by atoms with van der Waals surface area (Å²) < 4.78 is 106. The number of nitrogens with zero attached hydrogens (tertiary/aromatic N) is 3. The molecule has 14 heteroatoms. The average Bonchev–Trinajstić information content (AvgIpc) is 3.29. The fourth-order valence-corrected chi connectivity index (χ4v) is 4.29. The van der Waals surface area contributed by atoms with Gasteiger partial charge in [-0.15, -0.1) is 0 Å². The van der Waals surface area contributed by atoms with E-state index in [9.17, 15) is 44.7 Å². The number of aryl methyl sites for hydroxylation is 1. The summed E-state index contributed by atoms with van der Waals surface area (Å²) in [7, 11) is 0. The maximum absolute atomic E-state index is 13.7. The summed E-state index contributed by atoms with van der Waals surface area (Å²) in [6, 6.07) is 7.23. The van der Waals surface area contributed by atoms with Gasteiger partial charge in [-0.3, -0.25) is 9.59 Å². The van der Waals surface area contributed by atoms with Crippen molar-refractivity contribution in [3.63, 3.8) is 0 Å². The largest absolute Gasteiger partial charge is 0.459 e. The van der Waals surface area contributed by atoms with Gasteiger partial charge in [-0.05, 0) is 71.5 Å². The van der Waals surface area contributed by atoms with E-state index in [4.69, 9.17) is 0 Å². The van der Waals surface area contributed by atoms with Gasteiger partial charge in [0.2, 0.25) is 0 Å². The second-order valence-electron chi connectivity index (χ2n) is 7.48. The van der Waals surface area contributed by atoms with Gasteiger partial charge in [0.05, 0.1) is 22.5 Å². The summed E-state index contributed by atoms with van der Waals surface area (Å²) in [5, 5.41) is 2.91. The molecule has 0 saturated carbocycles. The number of rotatable bonds is 3. The van der Waals surface area contributed by atoms with Crippen LogP contribution in [0.5, 0.6) is 0 Å². The minimum absolute atomic E-state index is 0.00249. The molecule has 0 aliphatic carbocycles. The molecule has 2 aromatic carbocycles. The maximum Gasteiger partial charge on any atom is 0.459 e. The Kier molecular flexibility index (Phi) is 5.72. The Morgan fingerprint density at radius 1 is 0.886 bits per heavy atom. The lowest BCUT2D eigenvalue weighted by atomic mass is 10.1. The van der Waals surface area contributed by atoms with E-state index < -0.39 is 47.2 Å². The van der Waals surface area contributed by atoms with Crippen LogP contribution in [0, 0.1) is 10.5 Å². The number of fused-ring (bicyclic) bond motifs is 1. The molecule has 0 radical (unpaired) electrons. The van der Waals surface area contributed by atoms with Gasteiger partial charge in [-0.1, -0.05) is 6.07 Å². The summed E-state index contributed by atoms with van der Waals surface area (Å²) in [6.07, 6.45) is -11.5. The van der Waals surface area contributed by atoms with E-state index in [0.717, 1.165) is 23.1 Å². The molecule has 0 atom stereocenters. The standard InChI is InChI=1S/C21H10F8IN3O2/c1-9-7-10(33-15(20(24,25)26)8-14(31-33)19(22,23)21(27,28)29)5-6-13(9)32-17(34)11-3-2-4-12(30)16(11)18(32)35/h2-8H,1H3. The van der Waals surface area contributed by atoms with Crippen molar-refractivity contribution < 1.29 is 44.7 Å². The number of alkyl halides is 8. The van der Waals surface area contributed by atoms with Gasteiger partial charge < -0.3 is 0 Å². The van der Waals surface area contributed by atoms with E-state index in [1.54, 1.807) is 12.1 Å². The van der Waals surface area contributed by atoms with Crippen LogP contribution in [0.25, 0.3) is 5.69 Å². The molecule has 4 rings (SSSR count). The molecule has 35 heavy (non-hydrogen) atoms. The molecule has 5 nitrogen and oxygen atoms in total. The summed E-state index contributed by atoms with van der Waals surface area (Å²) in [5.41, 5.74) is -4.17. The highest BCUT2D eigenvalue weighted by molar-refractivity contribution is 14.1. The third-order valence-electron chi connectivity index (χ3n) is 5.21. The van der Waals surface area contributed by atoms with Crippen molar-refractivity contribution in [1.82, 2.24) is 9.78 Å². The first-order valence-corrected chi connectivity index (χ1v) is 10.5.